The second-order valence-electron chi connectivity index (χ2n) is 6.96. The molecule has 0 radical (unpaired) electrons. The molecule has 0 aliphatic rings. The Morgan fingerprint density at radius 3 is 2.73 bits per heavy atom. The van der Waals surface area contributed by atoms with Gasteiger partial charge < -0.3 is 5.32 Å². The molecule has 2 heterocycles. The average Bonchev–Trinajstić information content (AvgIpc) is 3.18. The fraction of sp³-hybridized carbons (Fsp3) is 0.273. The molecule has 2 aromatic heterocycles. The minimum absolute atomic E-state index is 0.272. The van der Waals surface area contributed by atoms with Crippen molar-refractivity contribution in [2.75, 3.05) is 5.32 Å². The Hall–Kier alpha value is -3.37. The van der Waals surface area contributed by atoms with E-state index in [2.05, 4.69) is 21.6 Å². The molecular weight excluding hydrogens is 400 g/mol. The molecule has 0 saturated heterocycles. The SMILES string of the molecule is Cc1cc(NC(=O)/C=C/c2c(C)nn(Cc3ccccc3Cl)c2C)n(CCC#N)n1. The molecule has 1 aromatic carbocycles. The third kappa shape index (κ3) is 4.97. The molecule has 0 bridgehead atoms. The number of rotatable bonds is 7. The van der Waals surface area contributed by atoms with Crippen molar-refractivity contribution in [3.63, 3.8) is 0 Å². The third-order valence-corrected chi connectivity index (χ3v) is 5.07. The molecule has 0 saturated carbocycles. The summed E-state index contributed by atoms with van der Waals surface area (Å²) in [4.78, 5) is 12.4. The van der Waals surface area contributed by atoms with E-state index in [9.17, 15) is 4.79 Å². The molecule has 8 heteroatoms. The molecule has 0 unspecified atom stereocenters. The van der Waals surface area contributed by atoms with E-state index in [4.69, 9.17) is 16.9 Å². The molecule has 3 aromatic rings. The third-order valence-electron chi connectivity index (χ3n) is 4.71. The number of hydrogen-bond donors (Lipinski definition) is 1. The van der Waals surface area contributed by atoms with Crippen LogP contribution in [0.3, 0.4) is 0 Å². The van der Waals surface area contributed by atoms with E-state index in [1.807, 2.05) is 49.7 Å². The second-order valence-corrected chi connectivity index (χ2v) is 7.37. The number of aromatic nitrogens is 4. The van der Waals surface area contributed by atoms with Crippen LogP contribution in [0, 0.1) is 32.1 Å². The van der Waals surface area contributed by atoms with Gasteiger partial charge in [0.15, 0.2) is 0 Å². The molecule has 7 nitrogen and oxygen atoms in total. The summed E-state index contributed by atoms with van der Waals surface area (Å²) in [6.07, 6.45) is 3.57. The van der Waals surface area contributed by atoms with Crippen molar-refractivity contribution in [1.82, 2.24) is 19.6 Å². The van der Waals surface area contributed by atoms with Gasteiger partial charge in [0.2, 0.25) is 5.91 Å². The van der Waals surface area contributed by atoms with Crippen LogP contribution in [0.25, 0.3) is 6.08 Å². The Balaban J connectivity index is 1.74. The summed E-state index contributed by atoms with van der Waals surface area (Å²) in [5, 5.41) is 21.2. The predicted molar refractivity (Wildman–Crippen MR) is 117 cm³/mol. The molecular formula is C22H23ClN6O. The number of nitrogens with zero attached hydrogens (tertiary/aromatic N) is 5. The molecule has 1 N–H and O–H groups in total. The van der Waals surface area contributed by atoms with E-state index < -0.39 is 0 Å². The van der Waals surface area contributed by atoms with Crippen LogP contribution in [0.1, 0.15) is 34.6 Å². The highest BCUT2D eigenvalue weighted by Crippen LogP contribution is 2.20. The Morgan fingerprint density at radius 2 is 2.00 bits per heavy atom. The van der Waals surface area contributed by atoms with Gasteiger partial charge in [-0.15, -0.1) is 0 Å². The van der Waals surface area contributed by atoms with Gasteiger partial charge in [-0.25, -0.2) is 4.68 Å². The lowest BCUT2D eigenvalue weighted by atomic mass is 10.1. The Bertz CT molecular complexity index is 1140. The minimum Gasteiger partial charge on any atom is -0.307 e. The van der Waals surface area contributed by atoms with Crippen LogP contribution in [-0.2, 0) is 17.9 Å². The summed E-state index contributed by atoms with van der Waals surface area (Å²) in [7, 11) is 0. The van der Waals surface area contributed by atoms with Crippen molar-refractivity contribution in [1.29, 1.82) is 5.26 Å². The Morgan fingerprint density at radius 1 is 1.23 bits per heavy atom. The number of carbonyl (C=O) groups excluding carboxylic acids is 1. The topological polar surface area (TPSA) is 88.5 Å². The van der Waals surface area contributed by atoms with E-state index in [0.717, 1.165) is 28.2 Å². The molecule has 0 aliphatic heterocycles. The van der Waals surface area contributed by atoms with E-state index in [1.54, 1.807) is 16.8 Å². The molecule has 3 rings (SSSR count). The van der Waals surface area contributed by atoms with Gasteiger partial charge in [-0.05, 0) is 38.5 Å². The first-order valence-electron chi connectivity index (χ1n) is 9.57. The van der Waals surface area contributed by atoms with Crippen molar-refractivity contribution in [3.8, 4) is 6.07 Å². The summed E-state index contributed by atoms with van der Waals surface area (Å²) >= 11 is 6.27. The molecule has 0 fully saturated rings. The first kappa shape index (κ1) is 21.3. The van der Waals surface area contributed by atoms with Crippen LogP contribution in [0.4, 0.5) is 5.82 Å². The number of aryl methyl sites for hydroxylation is 3. The maximum absolute atomic E-state index is 12.4. The molecule has 30 heavy (non-hydrogen) atoms. The fourth-order valence-corrected chi connectivity index (χ4v) is 3.39. The zero-order valence-corrected chi connectivity index (χ0v) is 17.9. The molecule has 0 aliphatic carbocycles. The normalized spacial score (nSPS) is 11.0. The number of benzene rings is 1. The molecule has 0 atom stereocenters. The minimum atomic E-state index is -0.272. The number of nitriles is 1. The first-order chi connectivity index (χ1) is 14.4. The molecule has 0 spiro atoms. The van der Waals surface area contributed by atoms with Gasteiger partial charge in [-0.1, -0.05) is 29.8 Å². The van der Waals surface area contributed by atoms with E-state index in [0.29, 0.717) is 30.4 Å². The molecule has 154 valence electrons. The highest BCUT2D eigenvalue weighted by molar-refractivity contribution is 6.31. The monoisotopic (exact) mass is 422 g/mol. The number of carbonyl (C=O) groups is 1. The zero-order valence-electron chi connectivity index (χ0n) is 17.2. The quantitative estimate of drug-likeness (QED) is 0.576. The van der Waals surface area contributed by atoms with Gasteiger partial charge in [0.25, 0.3) is 0 Å². The van der Waals surface area contributed by atoms with Gasteiger partial charge >= 0.3 is 0 Å². The van der Waals surface area contributed by atoms with E-state index in [-0.39, 0.29) is 5.91 Å². The standard InChI is InChI=1S/C22H23ClN6O/c1-15-13-21(28(26-15)12-6-11-24)25-22(30)10-9-19-16(2)27-29(17(19)3)14-18-7-4-5-8-20(18)23/h4-5,7-10,13H,6,12,14H2,1-3H3,(H,25,30)/b10-9+. The fourth-order valence-electron chi connectivity index (χ4n) is 3.19. The lowest BCUT2D eigenvalue weighted by Crippen LogP contribution is -2.13. The highest BCUT2D eigenvalue weighted by atomic mass is 35.5. The van der Waals surface area contributed by atoms with Crippen LogP contribution >= 0.6 is 11.6 Å². The average molecular weight is 423 g/mol. The van der Waals surface area contributed by atoms with Crippen LogP contribution in [0.15, 0.2) is 36.4 Å². The van der Waals surface area contributed by atoms with Crippen molar-refractivity contribution >= 4 is 29.4 Å². The number of amides is 1. The van der Waals surface area contributed by atoms with E-state index in [1.165, 1.54) is 6.08 Å². The summed E-state index contributed by atoms with van der Waals surface area (Å²) in [6, 6.07) is 11.5. The zero-order chi connectivity index (χ0) is 21.7. The van der Waals surface area contributed by atoms with E-state index >= 15 is 0 Å². The number of anilines is 1. The smallest absolute Gasteiger partial charge is 0.249 e. The Kier molecular flexibility index (Phi) is 6.70. The van der Waals surface area contributed by atoms with Crippen LogP contribution < -0.4 is 5.32 Å². The largest absolute Gasteiger partial charge is 0.307 e. The lowest BCUT2D eigenvalue weighted by Gasteiger charge is -2.07. The summed E-state index contributed by atoms with van der Waals surface area (Å²) in [5.41, 5.74) is 4.44. The van der Waals surface area contributed by atoms with Gasteiger partial charge in [0.05, 0.1) is 37.0 Å². The highest BCUT2D eigenvalue weighted by Gasteiger charge is 2.12. The molecule has 1 amide bonds. The maximum Gasteiger partial charge on any atom is 0.249 e. The second kappa shape index (κ2) is 9.42. The first-order valence-corrected chi connectivity index (χ1v) is 9.94. The van der Waals surface area contributed by atoms with Crippen molar-refractivity contribution in [2.45, 2.75) is 40.3 Å². The Labute approximate surface area is 180 Å². The number of hydrogen-bond acceptors (Lipinski definition) is 4. The maximum atomic E-state index is 12.4. The summed E-state index contributed by atoms with van der Waals surface area (Å²) < 4.78 is 3.51. The summed E-state index contributed by atoms with van der Waals surface area (Å²) in [6.45, 7) is 6.71. The lowest BCUT2D eigenvalue weighted by molar-refractivity contribution is -0.111. The number of halogens is 1. The predicted octanol–water partition coefficient (Wildman–Crippen LogP) is 4.27. The van der Waals surface area contributed by atoms with Gasteiger partial charge in [0, 0.05) is 28.4 Å². The van der Waals surface area contributed by atoms with Gasteiger partial charge in [-0.3, -0.25) is 9.48 Å². The van der Waals surface area contributed by atoms with Crippen LogP contribution in [0.2, 0.25) is 5.02 Å². The van der Waals surface area contributed by atoms with Crippen molar-refractivity contribution in [3.05, 3.63) is 69.6 Å². The summed E-state index contributed by atoms with van der Waals surface area (Å²) in [5.74, 6) is 0.297. The van der Waals surface area contributed by atoms with Gasteiger partial charge in [-0.2, -0.15) is 15.5 Å². The number of nitrogens with one attached hydrogen (secondary N) is 1. The van der Waals surface area contributed by atoms with Crippen molar-refractivity contribution < 1.29 is 4.79 Å². The van der Waals surface area contributed by atoms with Crippen molar-refractivity contribution in [2.24, 2.45) is 0 Å². The van der Waals surface area contributed by atoms with Crippen LogP contribution in [-0.4, -0.2) is 25.5 Å². The van der Waals surface area contributed by atoms with Gasteiger partial charge in [0.1, 0.15) is 5.82 Å². The van der Waals surface area contributed by atoms with Crippen LogP contribution in [0.5, 0.6) is 0 Å².